The third kappa shape index (κ3) is 2.74. The molecule has 0 amide bonds. The van der Waals surface area contributed by atoms with Gasteiger partial charge in [0.15, 0.2) is 5.65 Å². The molecule has 0 saturated carbocycles. The van der Waals surface area contributed by atoms with Gasteiger partial charge in [-0.05, 0) is 40.2 Å². The lowest BCUT2D eigenvalue weighted by atomic mass is 10.2. The molecule has 7 heteroatoms. The summed E-state index contributed by atoms with van der Waals surface area (Å²) in [6.07, 6.45) is 1.76. The second-order valence-electron chi connectivity index (χ2n) is 5.66. The van der Waals surface area contributed by atoms with E-state index in [-0.39, 0.29) is 0 Å². The number of rotatable bonds is 3. The number of morpholine rings is 1. The molecule has 1 aliphatic heterocycles. The number of halogens is 1. The molecule has 3 heterocycles. The van der Waals surface area contributed by atoms with Gasteiger partial charge in [0.05, 0.1) is 23.4 Å². The minimum atomic E-state index is 0.704. The van der Waals surface area contributed by atoms with Crippen LogP contribution in [0.4, 0.5) is 11.4 Å². The predicted octanol–water partition coefficient (Wildman–Crippen LogP) is 3.27. The predicted molar refractivity (Wildman–Crippen MR) is 99.6 cm³/mol. The number of nitrogens with one attached hydrogen (secondary N) is 2. The molecule has 1 aliphatic rings. The fourth-order valence-electron chi connectivity index (χ4n) is 2.97. The Balaban J connectivity index is 1.67. The quantitative estimate of drug-likeness (QED) is 0.721. The minimum absolute atomic E-state index is 0.704. The summed E-state index contributed by atoms with van der Waals surface area (Å²) in [5, 5.41) is 3.18. The first-order valence-corrected chi connectivity index (χ1v) is 8.70. The van der Waals surface area contributed by atoms with E-state index in [1.165, 1.54) is 5.69 Å². The molecule has 0 unspecified atom stereocenters. The van der Waals surface area contributed by atoms with Gasteiger partial charge in [-0.15, -0.1) is 0 Å². The maximum atomic E-state index is 5.41. The molecule has 124 valence electrons. The Kier molecular flexibility index (Phi) is 4.12. The van der Waals surface area contributed by atoms with Crippen molar-refractivity contribution in [2.45, 2.75) is 0 Å². The van der Waals surface area contributed by atoms with Crippen molar-refractivity contribution in [3.8, 4) is 11.4 Å². The number of aromatic amines is 1. The van der Waals surface area contributed by atoms with E-state index in [4.69, 9.17) is 4.74 Å². The van der Waals surface area contributed by atoms with Crippen molar-refractivity contribution in [2.75, 3.05) is 43.6 Å². The van der Waals surface area contributed by atoms with Crippen LogP contribution in [0.25, 0.3) is 22.6 Å². The van der Waals surface area contributed by atoms with Crippen molar-refractivity contribution in [3.63, 3.8) is 0 Å². The molecule has 0 radical (unpaired) electrons. The lowest BCUT2D eigenvalue weighted by Crippen LogP contribution is -2.36. The van der Waals surface area contributed by atoms with Crippen molar-refractivity contribution in [1.29, 1.82) is 0 Å². The molecule has 2 aromatic heterocycles. The molecule has 1 fully saturated rings. The SMILES string of the molecule is CNc1c(Br)cnc2nc(-c3ccc(N4CCOCC4)cc3)[nH]c12. The van der Waals surface area contributed by atoms with Gasteiger partial charge in [-0.1, -0.05) is 0 Å². The van der Waals surface area contributed by atoms with Gasteiger partial charge >= 0.3 is 0 Å². The van der Waals surface area contributed by atoms with Gasteiger partial charge < -0.3 is 19.9 Å². The van der Waals surface area contributed by atoms with Crippen LogP contribution < -0.4 is 10.2 Å². The molecule has 1 aromatic carbocycles. The Bertz CT molecular complexity index is 855. The Morgan fingerprint density at radius 3 is 2.67 bits per heavy atom. The molecule has 6 nitrogen and oxygen atoms in total. The van der Waals surface area contributed by atoms with Crippen molar-refractivity contribution < 1.29 is 4.74 Å². The lowest BCUT2D eigenvalue weighted by Gasteiger charge is -2.28. The molecule has 2 N–H and O–H groups in total. The summed E-state index contributed by atoms with van der Waals surface area (Å²) in [7, 11) is 1.89. The van der Waals surface area contributed by atoms with Crippen LogP contribution in [0.2, 0.25) is 0 Å². The van der Waals surface area contributed by atoms with Gasteiger partial charge in [-0.3, -0.25) is 0 Å². The number of pyridine rings is 1. The summed E-state index contributed by atoms with van der Waals surface area (Å²) < 4.78 is 6.32. The van der Waals surface area contributed by atoms with E-state index in [0.29, 0.717) is 5.65 Å². The number of hydrogen-bond acceptors (Lipinski definition) is 5. The Hall–Kier alpha value is -2.12. The number of benzene rings is 1. The van der Waals surface area contributed by atoms with Gasteiger partial charge in [-0.2, -0.15) is 0 Å². The van der Waals surface area contributed by atoms with Crippen LogP contribution in [0.5, 0.6) is 0 Å². The summed E-state index contributed by atoms with van der Waals surface area (Å²) in [6.45, 7) is 3.46. The number of hydrogen-bond donors (Lipinski definition) is 2. The Labute approximate surface area is 148 Å². The van der Waals surface area contributed by atoms with Crippen molar-refractivity contribution in [2.24, 2.45) is 0 Å². The average Bonchev–Trinajstić information content (AvgIpc) is 3.07. The fraction of sp³-hybridized carbons (Fsp3) is 0.294. The number of aromatic nitrogens is 3. The topological polar surface area (TPSA) is 66.1 Å². The smallest absolute Gasteiger partial charge is 0.180 e. The number of ether oxygens (including phenoxy) is 1. The third-order valence-corrected chi connectivity index (χ3v) is 4.84. The molecular weight excluding hydrogens is 370 g/mol. The monoisotopic (exact) mass is 387 g/mol. The summed E-state index contributed by atoms with van der Waals surface area (Å²) in [4.78, 5) is 14.7. The molecule has 3 aromatic rings. The average molecular weight is 388 g/mol. The van der Waals surface area contributed by atoms with Crippen LogP contribution in [0.15, 0.2) is 34.9 Å². The molecule has 24 heavy (non-hydrogen) atoms. The van der Waals surface area contributed by atoms with E-state index in [9.17, 15) is 0 Å². The first kappa shape index (κ1) is 15.4. The minimum Gasteiger partial charge on any atom is -0.385 e. The highest BCUT2D eigenvalue weighted by atomic mass is 79.9. The lowest BCUT2D eigenvalue weighted by molar-refractivity contribution is 0.122. The highest BCUT2D eigenvalue weighted by Crippen LogP contribution is 2.30. The molecule has 1 saturated heterocycles. The van der Waals surface area contributed by atoms with E-state index in [0.717, 1.165) is 53.4 Å². The number of imidazole rings is 1. The molecule has 0 aliphatic carbocycles. The molecule has 0 spiro atoms. The largest absolute Gasteiger partial charge is 0.385 e. The van der Waals surface area contributed by atoms with E-state index in [2.05, 4.69) is 65.4 Å². The second-order valence-corrected chi connectivity index (χ2v) is 6.52. The van der Waals surface area contributed by atoms with Crippen LogP contribution in [-0.2, 0) is 4.74 Å². The van der Waals surface area contributed by atoms with Gasteiger partial charge in [0.1, 0.15) is 11.3 Å². The maximum absolute atomic E-state index is 5.41. The van der Waals surface area contributed by atoms with Crippen LogP contribution in [0.3, 0.4) is 0 Å². The summed E-state index contributed by atoms with van der Waals surface area (Å²) >= 11 is 3.51. The van der Waals surface area contributed by atoms with Crippen molar-refractivity contribution in [3.05, 3.63) is 34.9 Å². The van der Waals surface area contributed by atoms with Crippen molar-refractivity contribution in [1.82, 2.24) is 15.0 Å². The first-order chi connectivity index (χ1) is 11.8. The number of H-pyrrole nitrogens is 1. The van der Waals surface area contributed by atoms with Crippen LogP contribution >= 0.6 is 15.9 Å². The van der Waals surface area contributed by atoms with Crippen molar-refractivity contribution >= 4 is 38.5 Å². The van der Waals surface area contributed by atoms with Gasteiger partial charge in [0.25, 0.3) is 0 Å². The number of anilines is 2. The highest BCUT2D eigenvalue weighted by molar-refractivity contribution is 9.10. The van der Waals surface area contributed by atoms with Gasteiger partial charge in [-0.25, -0.2) is 9.97 Å². The zero-order valence-electron chi connectivity index (χ0n) is 13.3. The van der Waals surface area contributed by atoms with Crippen LogP contribution in [0.1, 0.15) is 0 Å². The Morgan fingerprint density at radius 2 is 1.96 bits per heavy atom. The van der Waals surface area contributed by atoms with E-state index in [1.54, 1.807) is 6.20 Å². The molecule has 4 rings (SSSR count). The third-order valence-electron chi connectivity index (χ3n) is 4.24. The highest BCUT2D eigenvalue weighted by Gasteiger charge is 2.14. The maximum Gasteiger partial charge on any atom is 0.180 e. The summed E-state index contributed by atoms with van der Waals surface area (Å²) in [6, 6.07) is 8.46. The first-order valence-electron chi connectivity index (χ1n) is 7.91. The molecule has 0 bridgehead atoms. The standard InChI is InChI=1S/C17H18BrN5O/c1-19-14-13(18)10-20-17-15(14)21-16(22-17)11-2-4-12(5-3-11)23-6-8-24-9-7-23/h2-5,10H,6-9H2,1H3,(H2,19,20,21,22). The van der Waals surface area contributed by atoms with Crippen LogP contribution in [0, 0.1) is 0 Å². The zero-order chi connectivity index (χ0) is 16.5. The number of nitrogens with zero attached hydrogens (tertiary/aromatic N) is 3. The zero-order valence-corrected chi connectivity index (χ0v) is 14.9. The molecule has 0 atom stereocenters. The fourth-order valence-corrected chi connectivity index (χ4v) is 3.47. The normalized spacial score (nSPS) is 15.0. The van der Waals surface area contributed by atoms with Gasteiger partial charge in [0.2, 0.25) is 0 Å². The molecular formula is C17H18BrN5O. The van der Waals surface area contributed by atoms with Crippen LogP contribution in [-0.4, -0.2) is 48.3 Å². The summed E-state index contributed by atoms with van der Waals surface area (Å²) in [5.74, 6) is 0.820. The second kappa shape index (κ2) is 6.41. The number of fused-ring (bicyclic) bond motifs is 1. The summed E-state index contributed by atoms with van der Waals surface area (Å²) in [5.41, 5.74) is 4.83. The van der Waals surface area contributed by atoms with E-state index >= 15 is 0 Å². The van der Waals surface area contributed by atoms with E-state index in [1.807, 2.05) is 7.05 Å². The Morgan fingerprint density at radius 1 is 1.21 bits per heavy atom. The van der Waals surface area contributed by atoms with E-state index < -0.39 is 0 Å². The van der Waals surface area contributed by atoms with Gasteiger partial charge in [0, 0.05) is 37.6 Å².